The van der Waals surface area contributed by atoms with E-state index in [1.165, 1.54) is 12.3 Å². The van der Waals surface area contributed by atoms with Crippen molar-refractivity contribution in [2.24, 2.45) is 0 Å². The van der Waals surface area contributed by atoms with Crippen LogP contribution in [0.1, 0.15) is 20.8 Å². The number of nitrogens with one attached hydrogen (secondary N) is 1. The van der Waals surface area contributed by atoms with Gasteiger partial charge in [0.05, 0.1) is 11.9 Å². The minimum Gasteiger partial charge on any atom is -0.444 e. The van der Waals surface area contributed by atoms with Crippen LogP contribution in [0.2, 0.25) is 0 Å². The minimum atomic E-state index is -0.518. The molecule has 190 valence electrons. The topological polar surface area (TPSA) is 83.5 Å². The Morgan fingerprint density at radius 1 is 0.973 bits per heavy atom. The minimum absolute atomic E-state index is 0.288. The van der Waals surface area contributed by atoms with Gasteiger partial charge in [-0.25, -0.2) is 24.1 Å². The summed E-state index contributed by atoms with van der Waals surface area (Å²) < 4.78 is 18.8. The van der Waals surface area contributed by atoms with Crippen molar-refractivity contribution in [2.45, 2.75) is 26.4 Å². The van der Waals surface area contributed by atoms with Crippen LogP contribution in [0.4, 0.5) is 26.6 Å². The number of amides is 1. The first-order valence-electron chi connectivity index (χ1n) is 12.2. The zero-order valence-electron chi connectivity index (χ0n) is 21.1. The van der Waals surface area contributed by atoms with Crippen LogP contribution >= 0.6 is 0 Å². The summed E-state index contributed by atoms with van der Waals surface area (Å²) in [7, 11) is 0. The van der Waals surface area contributed by atoms with E-state index in [1.54, 1.807) is 17.2 Å². The number of rotatable bonds is 4. The summed E-state index contributed by atoms with van der Waals surface area (Å²) in [6.07, 6.45) is 2.66. The lowest BCUT2D eigenvalue weighted by molar-refractivity contribution is 0.0240. The summed E-state index contributed by atoms with van der Waals surface area (Å²) in [6.45, 7) is 8.04. The van der Waals surface area contributed by atoms with Crippen LogP contribution in [-0.2, 0) is 4.74 Å². The molecule has 37 heavy (non-hydrogen) atoms. The van der Waals surface area contributed by atoms with Gasteiger partial charge in [-0.15, -0.1) is 0 Å². The molecule has 5 rings (SSSR count). The molecule has 0 bridgehead atoms. The summed E-state index contributed by atoms with van der Waals surface area (Å²) in [5, 5.41) is 5.20. The average molecular weight is 501 g/mol. The first-order chi connectivity index (χ1) is 17.7. The lowest BCUT2D eigenvalue weighted by Gasteiger charge is -2.36. The van der Waals surface area contributed by atoms with Gasteiger partial charge in [-0.3, -0.25) is 0 Å². The molecule has 8 nitrogen and oxygen atoms in total. The Bertz CT molecular complexity index is 1410. The Labute approximate surface area is 215 Å². The van der Waals surface area contributed by atoms with E-state index in [4.69, 9.17) is 9.72 Å². The van der Waals surface area contributed by atoms with Crippen LogP contribution in [0.25, 0.3) is 22.0 Å². The maximum Gasteiger partial charge on any atom is 0.410 e. The zero-order valence-corrected chi connectivity index (χ0v) is 21.1. The predicted octanol–water partition coefficient (Wildman–Crippen LogP) is 5.63. The third-order valence-electron chi connectivity index (χ3n) is 6.00. The molecule has 1 amide bonds. The third-order valence-corrected chi connectivity index (χ3v) is 6.00. The van der Waals surface area contributed by atoms with Crippen molar-refractivity contribution in [3.05, 3.63) is 72.8 Å². The van der Waals surface area contributed by atoms with Crippen molar-refractivity contribution < 1.29 is 13.9 Å². The Morgan fingerprint density at radius 2 is 1.76 bits per heavy atom. The molecule has 1 aliphatic rings. The predicted molar refractivity (Wildman–Crippen MR) is 142 cm³/mol. The molecule has 0 radical (unpaired) electrons. The number of halogens is 1. The number of ether oxygens (including phenoxy) is 1. The number of carbonyl (C=O) groups is 1. The van der Waals surface area contributed by atoms with Crippen LogP contribution in [0.5, 0.6) is 0 Å². The van der Waals surface area contributed by atoms with Crippen molar-refractivity contribution in [2.75, 3.05) is 36.4 Å². The fourth-order valence-corrected chi connectivity index (χ4v) is 4.25. The molecule has 4 heterocycles. The van der Waals surface area contributed by atoms with E-state index in [0.29, 0.717) is 37.8 Å². The highest BCUT2D eigenvalue weighted by Gasteiger charge is 2.26. The number of anilines is 3. The fourth-order valence-electron chi connectivity index (χ4n) is 4.25. The number of piperazine rings is 1. The number of benzene rings is 1. The van der Waals surface area contributed by atoms with Gasteiger partial charge in [-0.1, -0.05) is 24.3 Å². The molecule has 0 saturated carbocycles. The molecule has 1 aliphatic heterocycles. The number of fused-ring (bicyclic) bond motifs is 1. The van der Waals surface area contributed by atoms with Gasteiger partial charge in [-0.05, 0) is 56.5 Å². The Balaban J connectivity index is 1.40. The maximum atomic E-state index is 13.3. The summed E-state index contributed by atoms with van der Waals surface area (Å²) >= 11 is 0. The number of hydrogen-bond acceptors (Lipinski definition) is 7. The molecule has 9 heteroatoms. The molecular formula is C28H29FN6O2. The summed E-state index contributed by atoms with van der Waals surface area (Å²) in [6, 6.07) is 16.9. The van der Waals surface area contributed by atoms with E-state index in [9.17, 15) is 9.18 Å². The largest absolute Gasteiger partial charge is 0.444 e. The van der Waals surface area contributed by atoms with Gasteiger partial charge >= 0.3 is 6.09 Å². The second kappa shape index (κ2) is 10.0. The zero-order chi connectivity index (χ0) is 26.0. The second-order valence-corrected chi connectivity index (χ2v) is 9.92. The summed E-state index contributed by atoms with van der Waals surface area (Å²) in [4.78, 5) is 29.9. The van der Waals surface area contributed by atoms with Gasteiger partial charge in [0, 0.05) is 43.3 Å². The summed E-state index contributed by atoms with van der Waals surface area (Å²) in [5.74, 6) is 1.55. The smallest absolute Gasteiger partial charge is 0.410 e. The molecule has 1 saturated heterocycles. The van der Waals surface area contributed by atoms with E-state index in [-0.39, 0.29) is 6.09 Å². The van der Waals surface area contributed by atoms with Gasteiger partial charge in [0.25, 0.3) is 0 Å². The highest BCUT2D eigenvalue weighted by molar-refractivity contribution is 5.96. The van der Waals surface area contributed by atoms with E-state index in [1.807, 2.05) is 63.2 Å². The molecule has 1 aromatic carbocycles. The highest BCUT2D eigenvalue weighted by atomic mass is 19.1. The number of hydrogen-bond donors (Lipinski definition) is 1. The molecule has 1 N–H and O–H groups in total. The van der Waals surface area contributed by atoms with Crippen molar-refractivity contribution in [3.8, 4) is 11.3 Å². The van der Waals surface area contributed by atoms with Gasteiger partial charge in [0.1, 0.15) is 28.9 Å². The maximum absolute atomic E-state index is 13.3. The van der Waals surface area contributed by atoms with Gasteiger partial charge in [0.15, 0.2) is 0 Å². The molecular weight excluding hydrogens is 471 g/mol. The number of nitrogens with zero attached hydrogens (tertiary/aromatic N) is 5. The number of carbonyl (C=O) groups excluding carboxylic acids is 1. The monoisotopic (exact) mass is 500 g/mol. The SMILES string of the molecule is CC(C)(C)OC(=O)N1CCN(c2cc(-c3nc(Nc4ccc(F)cn4)cc4ccccc34)ccn2)CC1. The standard InChI is InChI=1S/C28H29FN6O2/c1-28(2,3)37-27(36)35-14-12-34(13-15-35)25-17-20(10-11-30-25)26-22-7-5-4-6-19(22)16-24(33-26)32-23-9-8-21(29)18-31-23/h4-11,16-18H,12-15H2,1-3H3,(H,31,32,33). The van der Waals surface area contributed by atoms with E-state index in [2.05, 4.69) is 20.2 Å². The quantitative estimate of drug-likeness (QED) is 0.389. The van der Waals surface area contributed by atoms with Crippen LogP contribution < -0.4 is 10.2 Å². The van der Waals surface area contributed by atoms with Crippen LogP contribution in [0.3, 0.4) is 0 Å². The second-order valence-electron chi connectivity index (χ2n) is 9.92. The first kappa shape index (κ1) is 24.4. The Kier molecular flexibility index (Phi) is 6.60. The van der Waals surface area contributed by atoms with Crippen LogP contribution in [0.15, 0.2) is 67.0 Å². The van der Waals surface area contributed by atoms with Gasteiger partial charge in [-0.2, -0.15) is 0 Å². The summed E-state index contributed by atoms with van der Waals surface area (Å²) in [5.41, 5.74) is 1.21. The van der Waals surface area contributed by atoms with E-state index >= 15 is 0 Å². The normalized spacial score (nSPS) is 14.1. The third kappa shape index (κ3) is 5.77. The van der Waals surface area contributed by atoms with Crippen molar-refractivity contribution >= 4 is 34.3 Å². The fraction of sp³-hybridized carbons (Fsp3) is 0.286. The first-order valence-corrected chi connectivity index (χ1v) is 12.2. The average Bonchev–Trinajstić information content (AvgIpc) is 2.89. The molecule has 0 unspecified atom stereocenters. The Morgan fingerprint density at radius 3 is 2.49 bits per heavy atom. The van der Waals surface area contributed by atoms with Crippen molar-refractivity contribution in [3.63, 3.8) is 0 Å². The molecule has 0 atom stereocenters. The van der Waals surface area contributed by atoms with Crippen LogP contribution in [-0.4, -0.2) is 57.7 Å². The number of aromatic nitrogens is 3. The van der Waals surface area contributed by atoms with Gasteiger partial charge in [0.2, 0.25) is 0 Å². The van der Waals surface area contributed by atoms with Gasteiger partial charge < -0.3 is 19.9 Å². The molecule has 3 aromatic heterocycles. The lowest BCUT2D eigenvalue weighted by Crippen LogP contribution is -2.50. The Hall–Kier alpha value is -4.27. The highest BCUT2D eigenvalue weighted by Crippen LogP contribution is 2.31. The van der Waals surface area contributed by atoms with E-state index < -0.39 is 11.4 Å². The van der Waals surface area contributed by atoms with E-state index in [0.717, 1.165) is 27.8 Å². The van der Waals surface area contributed by atoms with Crippen molar-refractivity contribution in [1.29, 1.82) is 0 Å². The molecule has 4 aromatic rings. The molecule has 0 aliphatic carbocycles. The molecule has 1 fully saturated rings. The molecule has 0 spiro atoms. The van der Waals surface area contributed by atoms with Crippen molar-refractivity contribution in [1.82, 2.24) is 19.9 Å². The van der Waals surface area contributed by atoms with Crippen LogP contribution in [0, 0.1) is 5.82 Å². The number of pyridine rings is 3. The lowest BCUT2D eigenvalue weighted by atomic mass is 10.0.